The molecule has 0 unspecified atom stereocenters. The number of nitrogens with one attached hydrogen (secondary N) is 1. The van der Waals surface area contributed by atoms with Crippen LogP contribution < -0.4 is 10.3 Å². The highest BCUT2D eigenvalue weighted by Crippen LogP contribution is 2.13. The van der Waals surface area contributed by atoms with Gasteiger partial charge in [-0.3, -0.25) is 4.98 Å². The molecule has 1 aromatic carbocycles. The van der Waals surface area contributed by atoms with Crippen LogP contribution >= 0.6 is 0 Å². The standard InChI is InChI=1S/C12H11FN2O/c1-9-3-2-4-11(5-9)15-16-12-6-10(13)7-14-8-12/h2-8,15H,1H3. The second-order valence-electron chi connectivity index (χ2n) is 3.41. The molecule has 3 nitrogen and oxygen atoms in total. The lowest BCUT2D eigenvalue weighted by Gasteiger charge is -2.08. The van der Waals surface area contributed by atoms with E-state index < -0.39 is 5.82 Å². The Morgan fingerprint density at radius 3 is 2.88 bits per heavy atom. The highest BCUT2D eigenvalue weighted by molar-refractivity contribution is 5.44. The fourth-order valence-electron chi connectivity index (χ4n) is 1.27. The van der Waals surface area contributed by atoms with Crippen molar-refractivity contribution >= 4 is 5.69 Å². The van der Waals surface area contributed by atoms with Crippen molar-refractivity contribution in [3.05, 3.63) is 54.1 Å². The third-order valence-electron chi connectivity index (χ3n) is 1.98. The van der Waals surface area contributed by atoms with E-state index >= 15 is 0 Å². The fraction of sp³-hybridized carbons (Fsp3) is 0.0833. The first-order chi connectivity index (χ1) is 7.74. The van der Waals surface area contributed by atoms with Crippen LogP contribution in [0.5, 0.6) is 5.75 Å². The van der Waals surface area contributed by atoms with E-state index in [0.717, 1.165) is 17.4 Å². The monoisotopic (exact) mass is 218 g/mol. The number of benzene rings is 1. The first kappa shape index (κ1) is 10.4. The molecule has 82 valence electrons. The Labute approximate surface area is 92.9 Å². The molecule has 1 N–H and O–H groups in total. The maximum Gasteiger partial charge on any atom is 0.176 e. The topological polar surface area (TPSA) is 34.1 Å². The van der Waals surface area contributed by atoms with Gasteiger partial charge < -0.3 is 4.84 Å². The van der Waals surface area contributed by atoms with E-state index in [9.17, 15) is 4.39 Å². The predicted octanol–water partition coefficient (Wildman–Crippen LogP) is 2.94. The van der Waals surface area contributed by atoms with Crippen molar-refractivity contribution in [3.8, 4) is 5.75 Å². The molecule has 2 aromatic rings. The van der Waals surface area contributed by atoms with Crippen molar-refractivity contribution in [1.29, 1.82) is 0 Å². The maximum absolute atomic E-state index is 12.8. The highest BCUT2D eigenvalue weighted by atomic mass is 19.1. The lowest BCUT2D eigenvalue weighted by Crippen LogP contribution is -2.05. The van der Waals surface area contributed by atoms with Crippen molar-refractivity contribution in [2.75, 3.05) is 5.48 Å². The summed E-state index contributed by atoms with van der Waals surface area (Å²) in [6, 6.07) is 8.93. The van der Waals surface area contributed by atoms with Gasteiger partial charge in [0, 0.05) is 6.07 Å². The van der Waals surface area contributed by atoms with Crippen LogP contribution in [0.15, 0.2) is 42.7 Å². The van der Waals surface area contributed by atoms with Crippen LogP contribution in [0.2, 0.25) is 0 Å². The van der Waals surface area contributed by atoms with E-state index in [1.807, 2.05) is 31.2 Å². The number of hydrogen-bond donors (Lipinski definition) is 1. The highest BCUT2D eigenvalue weighted by Gasteiger charge is 1.97. The number of aryl methyl sites for hydroxylation is 1. The van der Waals surface area contributed by atoms with Crippen LogP contribution in [0.4, 0.5) is 10.1 Å². The van der Waals surface area contributed by atoms with E-state index in [1.54, 1.807) is 0 Å². The molecule has 1 aromatic heterocycles. The van der Waals surface area contributed by atoms with Gasteiger partial charge in [0.1, 0.15) is 5.82 Å². The number of halogens is 1. The molecule has 0 bridgehead atoms. The number of hydrogen-bond acceptors (Lipinski definition) is 3. The first-order valence-electron chi connectivity index (χ1n) is 4.84. The van der Waals surface area contributed by atoms with Crippen LogP contribution in [0, 0.1) is 12.7 Å². The molecule has 0 aliphatic heterocycles. The van der Waals surface area contributed by atoms with Crippen molar-refractivity contribution in [1.82, 2.24) is 4.98 Å². The molecule has 0 atom stereocenters. The van der Waals surface area contributed by atoms with Gasteiger partial charge in [-0.25, -0.2) is 9.87 Å². The van der Waals surface area contributed by atoms with Gasteiger partial charge in [0.2, 0.25) is 0 Å². The largest absolute Gasteiger partial charge is 0.380 e. The Kier molecular flexibility index (Phi) is 3.00. The Balaban J connectivity index is 2.02. The third-order valence-corrected chi connectivity index (χ3v) is 1.98. The van der Waals surface area contributed by atoms with Crippen LogP contribution in [0.3, 0.4) is 0 Å². The van der Waals surface area contributed by atoms with Crippen molar-refractivity contribution < 1.29 is 9.23 Å². The van der Waals surface area contributed by atoms with E-state index in [4.69, 9.17) is 4.84 Å². The van der Waals surface area contributed by atoms with Gasteiger partial charge in [-0.1, -0.05) is 12.1 Å². The zero-order valence-electron chi connectivity index (χ0n) is 8.77. The molecule has 0 spiro atoms. The van der Waals surface area contributed by atoms with E-state index in [1.165, 1.54) is 12.3 Å². The zero-order chi connectivity index (χ0) is 11.4. The van der Waals surface area contributed by atoms with Gasteiger partial charge in [-0.05, 0) is 24.6 Å². The first-order valence-corrected chi connectivity index (χ1v) is 4.84. The number of aromatic nitrogens is 1. The summed E-state index contributed by atoms with van der Waals surface area (Å²) in [5, 5.41) is 0. The second-order valence-corrected chi connectivity index (χ2v) is 3.41. The summed E-state index contributed by atoms with van der Waals surface area (Å²) in [6.07, 6.45) is 2.56. The molecule has 0 radical (unpaired) electrons. The average molecular weight is 218 g/mol. The minimum absolute atomic E-state index is 0.335. The lowest BCUT2D eigenvalue weighted by molar-refractivity contribution is 0.399. The summed E-state index contributed by atoms with van der Waals surface area (Å²) in [6.45, 7) is 1.98. The van der Waals surface area contributed by atoms with Crippen molar-refractivity contribution in [2.24, 2.45) is 0 Å². The minimum atomic E-state index is -0.427. The minimum Gasteiger partial charge on any atom is -0.380 e. The van der Waals surface area contributed by atoms with E-state index in [-0.39, 0.29) is 0 Å². The maximum atomic E-state index is 12.8. The molecule has 0 fully saturated rings. The van der Waals surface area contributed by atoms with Crippen molar-refractivity contribution in [2.45, 2.75) is 6.92 Å². The number of rotatable bonds is 3. The molecule has 0 saturated heterocycles. The fourth-order valence-corrected chi connectivity index (χ4v) is 1.27. The molecule has 0 amide bonds. The van der Waals surface area contributed by atoms with Gasteiger partial charge in [0.15, 0.2) is 5.75 Å². The lowest BCUT2D eigenvalue weighted by atomic mass is 10.2. The Morgan fingerprint density at radius 2 is 2.12 bits per heavy atom. The summed E-state index contributed by atoms with van der Waals surface area (Å²) in [4.78, 5) is 8.85. The third kappa shape index (κ3) is 2.70. The number of anilines is 1. The SMILES string of the molecule is Cc1cccc(NOc2cncc(F)c2)c1. The van der Waals surface area contributed by atoms with Gasteiger partial charge in [0.25, 0.3) is 0 Å². The molecule has 16 heavy (non-hydrogen) atoms. The van der Waals surface area contributed by atoms with Crippen LogP contribution in [0.25, 0.3) is 0 Å². The molecular formula is C12H11FN2O. The average Bonchev–Trinajstić information content (AvgIpc) is 2.27. The molecular weight excluding hydrogens is 207 g/mol. The summed E-state index contributed by atoms with van der Waals surface area (Å²) in [5.41, 5.74) is 4.65. The molecule has 0 aliphatic carbocycles. The Hall–Kier alpha value is -2.10. The van der Waals surface area contributed by atoms with Gasteiger partial charge in [0.05, 0.1) is 18.1 Å². The van der Waals surface area contributed by atoms with Crippen LogP contribution in [-0.4, -0.2) is 4.98 Å². The van der Waals surface area contributed by atoms with Gasteiger partial charge >= 0.3 is 0 Å². The summed E-state index contributed by atoms with van der Waals surface area (Å²) in [7, 11) is 0. The van der Waals surface area contributed by atoms with Crippen LogP contribution in [0.1, 0.15) is 5.56 Å². The number of pyridine rings is 1. The summed E-state index contributed by atoms with van der Waals surface area (Å²) >= 11 is 0. The summed E-state index contributed by atoms with van der Waals surface area (Å²) in [5.74, 6) is -0.0925. The number of nitrogens with zero attached hydrogens (tertiary/aromatic N) is 1. The molecule has 1 heterocycles. The summed E-state index contributed by atoms with van der Waals surface area (Å²) < 4.78 is 12.8. The van der Waals surface area contributed by atoms with Gasteiger partial charge in [-0.2, -0.15) is 0 Å². The van der Waals surface area contributed by atoms with Gasteiger partial charge in [-0.15, -0.1) is 0 Å². The quantitative estimate of drug-likeness (QED) is 0.804. The van der Waals surface area contributed by atoms with Crippen LogP contribution in [-0.2, 0) is 0 Å². The van der Waals surface area contributed by atoms with E-state index in [2.05, 4.69) is 10.5 Å². The molecule has 4 heteroatoms. The van der Waals surface area contributed by atoms with E-state index in [0.29, 0.717) is 5.75 Å². The van der Waals surface area contributed by atoms with Crippen molar-refractivity contribution in [3.63, 3.8) is 0 Å². The molecule has 0 aliphatic rings. The zero-order valence-corrected chi connectivity index (χ0v) is 8.77. The Bertz CT molecular complexity index is 442. The Morgan fingerprint density at radius 1 is 1.25 bits per heavy atom. The smallest absolute Gasteiger partial charge is 0.176 e. The normalized spacial score (nSPS) is 9.88. The predicted molar refractivity (Wildman–Crippen MR) is 59.6 cm³/mol. The second kappa shape index (κ2) is 4.61. The molecule has 0 saturated carbocycles. The molecule has 2 rings (SSSR count).